The molecule has 1 fully saturated rings. The molecule has 0 aromatic heterocycles. The monoisotopic (exact) mass is 457 g/mol. The lowest BCUT2D eigenvalue weighted by atomic mass is 10.1. The topological polar surface area (TPSA) is 56.9 Å². The molecule has 0 unspecified atom stereocenters. The minimum Gasteiger partial charge on any atom is -0.375 e. The molecule has 1 aliphatic heterocycles. The van der Waals surface area contributed by atoms with E-state index in [2.05, 4.69) is 27.6 Å². The number of anilines is 1. The van der Waals surface area contributed by atoms with Gasteiger partial charge < -0.3 is 10.6 Å². The van der Waals surface area contributed by atoms with Gasteiger partial charge in [-0.2, -0.15) is 5.10 Å². The number of hydrogen-bond donors (Lipinski definition) is 2. The van der Waals surface area contributed by atoms with Crippen molar-refractivity contribution in [3.63, 3.8) is 0 Å². The number of hydrazone groups is 1. The summed E-state index contributed by atoms with van der Waals surface area (Å²) in [4.78, 5) is 3.89. The highest BCUT2D eigenvalue weighted by atomic mass is 35.5. The standard InChI is InChI=1S/C19H19Cl2F2N5S/c20-14-2-1-13(15(21)9-14)11-27-3-5-28(6-4-27)18-16(22)7-12(8-17(18)23)10-25-26-19(24)29/h1-2,7-10H,3-6,11H2,(H3,24,26,29). The van der Waals surface area contributed by atoms with E-state index in [4.69, 9.17) is 28.9 Å². The first-order chi connectivity index (χ1) is 13.8. The summed E-state index contributed by atoms with van der Waals surface area (Å²) in [5, 5.41) is 4.88. The summed E-state index contributed by atoms with van der Waals surface area (Å²) in [5.74, 6) is -1.29. The Morgan fingerprint density at radius 1 is 1.14 bits per heavy atom. The molecule has 29 heavy (non-hydrogen) atoms. The van der Waals surface area contributed by atoms with E-state index in [1.807, 2.05) is 6.07 Å². The van der Waals surface area contributed by atoms with Crippen LogP contribution in [0.1, 0.15) is 11.1 Å². The lowest BCUT2D eigenvalue weighted by Crippen LogP contribution is -2.46. The first kappa shape index (κ1) is 21.7. The van der Waals surface area contributed by atoms with Gasteiger partial charge in [-0.1, -0.05) is 29.3 Å². The van der Waals surface area contributed by atoms with Gasteiger partial charge in [0.1, 0.15) is 17.3 Å². The molecule has 2 aromatic rings. The average Bonchev–Trinajstić information content (AvgIpc) is 2.64. The number of nitrogens with one attached hydrogen (secondary N) is 1. The lowest BCUT2D eigenvalue weighted by Gasteiger charge is -2.36. The van der Waals surface area contributed by atoms with Gasteiger partial charge in [-0.05, 0) is 42.0 Å². The molecule has 0 bridgehead atoms. The Bertz CT molecular complexity index is 910. The van der Waals surface area contributed by atoms with Gasteiger partial charge in [0.05, 0.1) is 6.21 Å². The van der Waals surface area contributed by atoms with E-state index in [1.54, 1.807) is 17.0 Å². The van der Waals surface area contributed by atoms with Crippen molar-refractivity contribution in [3.05, 3.63) is 63.1 Å². The van der Waals surface area contributed by atoms with E-state index in [0.29, 0.717) is 42.8 Å². The molecule has 1 aliphatic rings. The third-order valence-corrected chi connectivity index (χ3v) is 5.20. The van der Waals surface area contributed by atoms with Gasteiger partial charge in [0, 0.05) is 48.3 Å². The Kier molecular flexibility index (Phi) is 7.23. The summed E-state index contributed by atoms with van der Waals surface area (Å²) in [6, 6.07) is 7.85. The van der Waals surface area contributed by atoms with E-state index in [1.165, 1.54) is 18.3 Å². The average molecular weight is 458 g/mol. The molecule has 0 atom stereocenters. The minimum atomic E-state index is -0.643. The lowest BCUT2D eigenvalue weighted by molar-refractivity contribution is 0.248. The second kappa shape index (κ2) is 9.67. The summed E-state index contributed by atoms with van der Waals surface area (Å²) in [5.41, 5.74) is 8.79. The van der Waals surface area contributed by atoms with Gasteiger partial charge in [-0.3, -0.25) is 10.3 Å². The smallest absolute Gasteiger partial charge is 0.184 e. The number of nitrogens with zero attached hydrogens (tertiary/aromatic N) is 3. The SMILES string of the molecule is NC(=S)NN=Cc1cc(F)c(N2CCN(Cc3ccc(Cl)cc3Cl)CC2)c(F)c1. The number of nitrogens with two attached hydrogens (primary N) is 1. The fraction of sp³-hybridized carbons (Fsp3) is 0.263. The molecule has 0 aliphatic carbocycles. The van der Waals surface area contributed by atoms with Gasteiger partial charge in [-0.15, -0.1) is 0 Å². The zero-order valence-corrected chi connectivity index (χ0v) is 17.7. The first-order valence-electron chi connectivity index (χ1n) is 8.82. The van der Waals surface area contributed by atoms with E-state index < -0.39 is 11.6 Å². The molecule has 1 heterocycles. The second-order valence-electron chi connectivity index (χ2n) is 6.57. The van der Waals surface area contributed by atoms with Crippen LogP contribution < -0.4 is 16.1 Å². The Labute approximate surface area is 183 Å². The molecule has 0 amide bonds. The fourth-order valence-corrected chi connectivity index (χ4v) is 3.67. The molecule has 10 heteroatoms. The summed E-state index contributed by atoms with van der Waals surface area (Å²) >= 11 is 16.8. The maximum Gasteiger partial charge on any atom is 0.184 e. The van der Waals surface area contributed by atoms with Crippen molar-refractivity contribution >= 4 is 52.4 Å². The quantitative estimate of drug-likeness (QED) is 0.406. The Morgan fingerprint density at radius 2 is 1.79 bits per heavy atom. The van der Waals surface area contributed by atoms with Crippen LogP contribution in [0.3, 0.4) is 0 Å². The van der Waals surface area contributed by atoms with Crippen LogP contribution in [0.2, 0.25) is 10.0 Å². The van der Waals surface area contributed by atoms with E-state index in [9.17, 15) is 8.78 Å². The van der Waals surface area contributed by atoms with Crippen LogP contribution >= 0.6 is 35.4 Å². The first-order valence-corrected chi connectivity index (χ1v) is 9.98. The minimum absolute atomic E-state index is 0.0310. The molecular formula is C19H19Cl2F2N5S. The Balaban J connectivity index is 1.64. The highest BCUT2D eigenvalue weighted by molar-refractivity contribution is 7.80. The van der Waals surface area contributed by atoms with Crippen LogP contribution in [0.5, 0.6) is 0 Å². The van der Waals surface area contributed by atoms with Gasteiger partial charge in [0.25, 0.3) is 0 Å². The van der Waals surface area contributed by atoms with Crippen LogP contribution in [0, 0.1) is 11.6 Å². The number of halogens is 4. The third-order valence-electron chi connectivity index (χ3n) is 4.53. The van der Waals surface area contributed by atoms with Gasteiger partial charge in [-0.25, -0.2) is 8.78 Å². The van der Waals surface area contributed by atoms with E-state index >= 15 is 0 Å². The summed E-state index contributed by atoms with van der Waals surface area (Å²) < 4.78 is 29.1. The summed E-state index contributed by atoms with van der Waals surface area (Å²) in [6.07, 6.45) is 1.25. The van der Waals surface area contributed by atoms with Crippen molar-refractivity contribution in [2.45, 2.75) is 6.54 Å². The molecule has 1 saturated heterocycles. The predicted molar refractivity (Wildman–Crippen MR) is 118 cm³/mol. The number of piperazine rings is 1. The Hall–Kier alpha value is -2.00. The number of thiocarbonyl (C=S) groups is 1. The number of benzene rings is 2. The predicted octanol–water partition coefficient (Wildman–Crippen LogP) is 3.76. The van der Waals surface area contributed by atoms with Crippen LogP contribution in [0.4, 0.5) is 14.5 Å². The third kappa shape index (κ3) is 5.76. The maximum absolute atomic E-state index is 14.6. The molecule has 154 valence electrons. The van der Waals surface area contributed by atoms with Crippen molar-refractivity contribution in [1.29, 1.82) is 0 Å². The van der Waals surface area contributed by atoms with Crippen LogP contribution in [-0.2, 0) is 6.54 Å². The molecule has 2 aromatic carbocycles. The van der Waals surface area contributed by atoms with Crippen molar-refractivity contribution in [1.82, 2.24) is 10.3 Å². The zero-order valence-electron chi connectivity index (χ0n) is 15.3. The molecule has 0 radical (unpaired) electrons. The molecule has 3 N–H and O–H groups in total. The molecule has 5 nitrogen and oxygen atoms in total. The highest BCUT2D eigenvalue weighted by Crippen LogP contribution is 2.27. The highest BCUT2D eigenvalue weighted by Gasteiger charge is 2.23. The second-order valence-corrected chi connectivity index (χ2v) is 7.85. The van der Waals surface area contributed by atoms with Gasteiger partial charge in [0.15, 0.2) is 5.11 Å². The maximum atomic E-state index is 14.6. The number of hydrogen-bond acceptors (Lipinski definition) is 4. The molecule has 3 rings (SSSR count). The van der Waals surface area contributed by atoms with Crippen molar-refractivity contribution in [2.75, 3.05) is 31.1 Å². The van der Waals surface area contributed by atoms with E-state index in [0.717, 1.165) is 5.56 Å². The van der Waals surface area contributed by atoms with Crippen LogP contribution in [0.15, 0.2) is 35.4 Å². The fourth-order valence-electron chi connectivity index (χ4n) is 3.15. The Morgan fingerprint density at radius 3 is 2.38 bits per heavy atom. The summed E-state index contributed by atoms with van der Waals surface area (Å²) in [7, 11) is 0. The summed E-state index contributed by atoms with van der Waals surface area (Å²) in [6.45, 7) is 2.95. The van der Waals surface area contributed by atoms with Crippen molar-refractivity contribution in [2.24, 2.45) is 10.8 Å². The van der Waals surface area contributed by atoms with E-state index in [-0.39, 0.29) is 16.4 Å². The molecular weight excluding hydrogens is 439 g/mol. The largest absolute Gasteiger partial charge is 0.375 e. The van der Waals surface area contributed by atoms with Crippen molar-refractivity contribution < 1.29 is 8.78 Å². The zero-order chi connectivity index (χ0) is 21.0. The number of rotatable bonds is 5. The molecule has 0 saturated carbocycles. The van der Waals surface area contributed by atoms with Crippen LogP contribution in [0.25, 0.3) is 0 Å². The normalized spacial score (nSPS) is 15.1. The van der Waals surface area contributed by atoms with Crippen molar-refractivity contribution in [3.8, 4) is 0 Å². The van der Waals surface area contributed by atoms with Crippen LogP contribution in [-0.4, -0.2) is 42.4 Å². The van der Waals surface area contributed by atoms with Gasteiger partial charge >= 0.3 is 0 Å². The van der Waals surface area contributed by atoms with Gasteiger partial charge in [0.2, 0.25) is 0 Å². The molecule has 0 spiro atoms.